The molecule has 10 heteroatoms. The van der Waals surface area contributed by atoms with Crippen molar-refractivity contribution < 1.29 is 13.9 Å². The minimum Gasteiger partial charge on any atom is -0.447 e. The van der Waals surface area contributed by atoms with Crippen LogP contribution in [0.1, 0.15) is 36.8 Å². The zero-order valence-corrected chi connectivity index (χ0v) is 18.4. The summed E-state index contributed by atoms with van der Waals surface area (Å²) in [6.07, 6.45) is 3.13. The predicted octanol–water partition coefficient (Wildman–Crippen LogP) is 4.27. The predicted molar refractivity (Wildman–Crippen MR) is 118 cm³/mol. The monoisotopic (exact) mass is 456 g/mol. The maximum absolute atomic E-state index is 14.0. The molecule has 2 aromatic heterocycles. The third-order valence-corrected chi connectivity index (χ3v) is 6.30. The summed E-state index contributed by atoms with van der Waals surface area (Å²) in [6.45, 7) is 3.37. The molecule has 0 spiro atoms. The van der Waals surface area contributed by atoms with Gasteiger partial charge < -0.3 is 14.6 Å². The highest BCUT2D eigenvalue weighted by atomic mass is 35.5. The number of benzene rings is 1. The molecule has 0 radical (unpaired) electrons. The summed E-state index contributed by atoms with van der Waals surface area (Å²) < 4.78 is 21.0. The van der Waals surface area contributed by atoms with Gasteiger partial charge in [0, 0.05) is 16.9 Å². The van der Waals surface area contributed by atoms with Gasteiger partial charge in [-0.15, -0.1) is 0 Å². The quantitative estimate of drug-likeness (QED) is 0.617. The van der Waals surface area contributed by atoms with Crippen molar-refractivity contribution in [3.05, 3.63) is 58.8 Å². The zero-order valence-electron chi connectivity index (χ0n) is 17.6. The first-order chi connectivity index (χ1) is 15.4. The fourth-order valence-electron chi connectivity index (χ4n) is 4.32. The standard InChI is InChI=1S/C22H22ClFN6O2/c1-12(24)18-10-32-22(31)30(18)19-8-9-25-21(28-19)27-13(2)20-17-7-6-14-15(23)4-3-5-16(14)29(17)11-26-20/h3-5,8-9,11-13,18H,6-7,10H2,1-2H3,(H,25,27,28)/t12-,13-,18+/m0/s1. The van der Waals surface area contributed by atoms with E-state index in [1.807, 2.05) is 31.5 Å². The highest BCUT2D eigenvalue weighted by molar-refractivity contribution is 6.31. The van der Waals surface area contributed by atoms with E-state index in [2.05, 4.69) is 24.8 Å². The number of hydrogen-bond acceptors (Lipinski definition) is 6. The third kappa shape index (κ3) is 3.46. The maximum atomic E-state index is 14.0. The molecule has 8 nitrogen and oxygen atoms in total. The lowest BCUT2D eigenvalue weighted by molar-refractivity contribution is 0.174. The van der Waals surface area contributed by atoms with E-state index < -0.39 is 18.3 Å². The first-order valence-corrected chi connectivity index (χ1v) is 10.9. The van der Waals surface area contributed by atoms with Gasteiger partial charge in [0.2, 0.25) is 5.95 Å². The molecule has 32 heavy (non-hydrogen) atoms. The van der Waals surface area contributed by atoms with E-state index in [0.29, 0.717) is 11.8 Å². The number of nitrogens with one attached hydrogen (secondary N) is 1. The minimum absolute atomic E-state index is 0.00798. The number of imidazole rings is 1. The number of hydrogen-bond donors (Lipinski definition) is 1. The van der Waals surface area contributed by atoms with Crippen LogP contribution in [0, 0.1) is 0 Å². The van der Waals surface area contributed by atoms with Crippen molar-refractivity contribution in [3.63, 3.8) is 0 Å². The SMILES string of the molecule is C[C@H](Nc1nccc(N2C(=O)OC[C@@H]2[C@H](C)F)n1)c1ncn2c1CCc1c(Cl)cccc1-2. The molecule has 0 unspecified atom stereocenters. The van der Waals surface area contributed by atoms with Crippen LogP contribution in [-0.2, 0) is 17.6 Å². The van der Waals surface area contributed by atoms with Crippen molar-refractivity contribution in [2.75, 3.05) is 16.8 Å². The second-order valence-corrected chi connectivity index (χ2v) is 8.39. The van der Waals surface area contributed by atoms with Crippen molar-refractivity contribution in [2.24, 2.45) is 0 Å². The number of halogens is 2. The van der Waals surface area contributed by atoms with E-state index in [1.54, 1.807) is 6.07 Å². The lowest BCUT2D eigenvalue weighted by Crippen LogP contribution is -2.39. The second-order valence-electron chi connectivity index (χ2n) is 7.98. The minimum atomic E-state index is -1.25. The molecule has 0 bridgehead atoms. The summed E-state index contributed by atoms with van der Waals surface area (Å²) in [6, 6.07) is 6.54. The number of ether oxygens (including phenoxy) is 1. The molecular formula is C22H22ClFN6O2. The Labute approximate surface area is 189 Å². The Kier molecular flexibility index (Phi) is 5.21. The molecule has 1 fully saturated rings. The molecule has 166 valence electrons. The average molecular weight is 457 g/mol. The Hall–Kier alpha value is -3.20. The van der Waals surface area contributed by atoms with Gasteiger partial charge >= 0.3 is 6.09 Å². The number of carbonyl (C=O) groups is 1. The molecule has 2 aliphatic heterocycles. The van der Waals surface area contributed by atoms with Crippen molar-refractivity contribution in [2.45, 2.75) is 44.9 Å². The van der Waals surface area contributed by atoms with E-state index in [1.165, 1.54) is 18.0 Å². The van der Waals surface area contributed by atoms with Gasteiger partial charge in [-0.05, 0) is 50.5 Å². The molecule has 4 heterocycles. The number of anilines is 2. The Bertz CT molecular complexity index is 1180. The van der Waals surface area contributed by atoms with E-state index in [4.69, 9.17) is 16.3 Å². The van der Waals surface area contributed by atoms with Crippen molar-refractivity contribution in [1.82, 2.24) is 19.5 Å². The largest absolute Gasteiger partial charge is 0.447 e. The van der Waals surface area contributed by atoms with Crippen LogP contribution >= 0.6 is 11.6 Å². The van der Waals surface area contributed by atoms with Crippen LogP contribution in [0.15, 0.2) is 36.8 Å². The number of nitrogens with zero attached hydrogens (tertiary/aromatic N) is 5. The van der Waals surface area contributed by atoms with Crippen molar-refractivity contribution >= 4 is 29.5 Å². The number of cyclic esters (lactones) is 1. The van der Waals surface area contributed by atoms with Gasteiger partial charge in [-0.2, -0.15) is 4.98 Å². The summed E-state index contributed by atoms with van der Waals surface area (Å²) in [4.78, 5) is 26.7. The summed E-state index contributed by atoms with van der Waals surface area (Å²) in [5, 5.41) is 4.02. The summed E-state index contributed by atoms with van der Waals surface area (Å²) in [7, 11) is 0. The number of rotatable bonds is 5. The van der Waals surface area contributed by atoms with Gasteiger partial charge in [-0.1, -0.05) is 17.7 Å². The molecule has 1 aromatic carbocycles. The van der Waals surface area contributed by atoms with Crippen LogP contribution in [0.3, 0.4) is 0 Å². The van der Waals surface area contributed by atoms with Gasteiger partial charge in [-0.3, -0.25) is 4.90 Å². The fourth-order valence-corrected chi connectivity index (χ4v) is 4.59. The number of carbonyl (C=O) groups excluding carboxylic acids is 1. The summed E-state index contributed by atoms with van der Waals surface area (Å²) in [5.41, 5.74) is 4.16. The summed E-state index contributed by atoms with van der Waals surface area (Å²) in [5.74, 6) is 0.614. The summed E-state index contributed by atoms with van der Waals surface area (Å²) >= 11 is 6.37. The van der Waals surface area contributed by atoms with Crippen molar-refractivity contribution in [1.29, 1.82) is 0 Å². The Morgan fingerprint density at radius 3 is 2.91 bits per heavy atom. The third-order valence-electron chi connectivity index (χ3n) is 5.94. The lowest BCUT2D eigenvalue weighted by atomic mass is 9.99. The van der Waals surface area contributed by atoms with Crippen LogP contribution in [0.5, 0.6) is 0 Å². The van der Waals surface area contributed by atoms with Crippen LogP contribution < -0.4 is 10.2 Å². The van der Waals surface area contributed by atoms with Crippen LogP contribution in [0.25, 0.3) is 5.69 Å². The molecule has 3 aromatic rings. The molecule has 3 atom stereocenters. The van der Waals surface area contributed by atoms with Crippen molar-refractivity contribution in [3.8, 4) is 5.69 Å². The van der Waals surface area contributed by atoms with Gasteiger partial charge in [0.15, 0.2) is 0 Å². The normalized spacial score (nSPS) is 19.2. The molecular weight excluding hydrogens is 435 g/mol. The lowest BCUT2D eigenvalue weighted by Gasteiger charge is -2.23. The first-order valence-electron chi connectivity index (χ1n) is 10.5. The highest BCUT2D eigenvalue weighted by Crippen LogP contribution is 2.33. The van der Waals surface area contributed by atoms with Gasteiger partial charge in [0.05, 0.1) is 23.8 Å². The molecule has 1 amide bonds. The van der Waals surface area contributed by atoms with E-state index in [9.17, 15) is 9.18 Å². The number of amides is 1. The molecule has 2 aliphatic rings. The Morgan fingerprint density at radius 1 is 1.25 bits per heavy atom. The second kappa shape index (κ2) is 8.05. The van der Waals surface area contributed by atoms with E-state index in [0.717, 1.165) is 40.5 Å². The Balaban J connectivity index is 1.40. The molecule has 0 saturated carbocycles. The molecule has 5 rings (SSSR count). The van der Waals surface area contributed by atoms with E-state index >= 15 is 0 Å². The van der Waals surface area contributed by atoms with Crippen LogP contribution in [0.2, 0.25) is 5.02 Å². The topological polar surface area (TPSA) is 85.2 Å². The van der Waals surface area contributed by atoms with Gasteiger partial charge in [-0.25, -0.2) is 19.2 Å². The van der Waals surface area contributed by atoms with Crippen LogP contribution in [0.4, 0.5) is 21.0 Å². The number of fused-ring (bicyclic) bond motifs is 3. The molecule has 1 N–H and O–H groups in total. The Morgan fingerprint density at radius 2 is 2.09 bits per heavy atom. The number of aromatic nitrogens is 4. The van der Waals surface area contributed by atoms with E-state index in [-0.39, 0.29) is 12.6 Å². The first kappa shape index (κ1) is 20.7. The maximum Gasteiger partial charge on any atom is 0.416 e. The number of alkyl halides is 1. The van der Waals surface area contributed by atoms with Crippen LogP contribution in [-0.4, -0.2) is 44.4 Å². The average Bonchev–Trinajstić information content (AvgIpc) is 3.38. The molecule has 0 aliphatic carbocycles. The fraction of sp³-hybridized carbons (Fsp3) is 0.364. The zero-order chi connectivity index (χ0) is 22.4. The van der Waals surface area contributed by atoms with Gasteiger partial charge in [0.25, 0.3) is 0 Å². The smallest absolute Gasteiger partial charge is 0.416 e. The van der Waals surface area contributed by atoms with Gasteiger partial charge in [0.1, 0.15) is 24.6 Å². The molecule has 1 saturated heterocycles. The highest BCUT2D eigenvalue weighted by Gasteiger charge is 2.39.